The lowest BCUT2D eigenvalue weighted by Crippen LogP contribution is -2.61. The number of amides is 1. The van der Waals surface area contributed by atoms with Crippen LogP contribution >= 0.6 is 23.5 Å². The second-order valence-corrected chi connectivity index (χ2v) is 10.4. The summed E-state index contributed by atoms with van der Waals surface area (Å²) in [7, 11) is 0. The highest BCUT2D eigenvalue weighted by Gasteiger charge is 2.61. The van der Waals surface area contributed by atoms with Gasteiger partial charge in [0.05, 0.1) is 31.1 Å². The van der Waals surface area contributed by atoms with Crippen LogP contribution in [0.3, 0.4) is 0 Å². The van der Waals surface area contributed by atoms with Gasteiger partial charge in [0.2, 0.25) is 5.91 Å². The second kappa shape index (κ2) is 7.71. The number of carbonyl (C=O) groups excluding carboxylic acids is 1. The highest BCUT2D eigenvalue weighted by atomic mass is 35.5. The van der Waals surface area contributed by atoms with Gasteiger partial charge in [-0.25, -0.2) is 9.38 Å². The van der Waals surface area contributed by atoms with E-state index in [-0.39, 0.29) is 29.1 Å². The molecule has 10 heteroatoms. The van der Waals surface area contributed by atoms with Crippen LogP contribution in [0.5, 0.6) is 0 Å². The van der Waals surface area contributed by atoms with E-state index in [1.54, 1.807) is 11.0 Å². The average molecular weight is 496 g/mol. The summed E-state index contributed by atoms with van der Waals surface area (Å²) in [5.74, 6) is 0.0103. The molecule has 0 aliphatic carbocycles. The Bertz CT molecular complexity index is 1160. The molecule has 174 valence electrons. The first-order chi connectivity index (χ1) is 15.5. The van der Waals surface area contributed by atoms with Gasteiger partial charge in [0.15, 0.2) is 4.75 Å². The smallest absolute Gasteiger partial charge is 0.362 e. The zero-order valence-electron chi connectivity index (χ0n) is 17.9. The standard InChI is InChI=1S/C23H21ClF3N3O2S/c1-13(2)20(31)30-11-21(12-30)16-7-6-14(8-15(16)10-32-21)17-9-22(33-29-17,23(25,26)27)18-4-3-5-19(24)28-18/h3-8,13H,9-12H2,1-2H3. The second-order valence-electron chi connectivity index (χ2n) is 8.98. The third-order valence-electron chi connectivity index (χ3n) is 6.45. The molecule has 1 atom stereocenters. The first kappa shape index (κ1) is 22.7. The molecule has 0 N–H and O–H groups in total. The minimum atomic E-state index is -4.57. The van der Waals surface area contributed by atoms with E-state index < -0.39 is 16.5 Å². The van der Waals surface area contributed by atoms with Crippen LogP contribution in [0.4, 0.5) is 13.2 Å². The molecule has 2 aromatic rings. The predicted octanol–water partition coefficient (Wildman–Crippen LogP) is 5.26. The number of halogens is 4. The number of alkyl halides is 3. The molecule has 1 amide bonds. The van der Waals surface area contributed by atoms with E-state index in [4.69, 9.17) is 16.3 Å². The third kappa shape index (κ3) is 3.56. The SMILES string of the molecule is CC(C)C(=O)N1CC2(C1)OCc1cc(C3=NSC(c4cccc(Cl)n4)(C(F)(F)F)C3)ccc12. The fourth-order valence-corrected chi connectivity index (χ4v) is 5.75. The van der Waals surface area contributed by atoms with Crippen molar-refractivity contribution in [2.75, 3.05) is 13.1 Å². The minimum Gasteiger partial charge on any atom is -0.362 e. The van der Waals surface area contributed by atoms with Gasteiger partial charge in [-0.3, -0.25) is 4.79 Å². The molecule has 3 aliphatic heterocycles. The molecule has 1 saturated heterocycles. The Morgan fingerprint density at radius 2 is 2.00 bits per heavy atom. The average Bonchev–Trinajstić information content (AvgIpc) is 3.35. The highest BCUT2D eigenvalue weighted by molar-refractivity contribution is 7.99. The lowest BCUT2D eigenvalue weighted by Gasteiger charge is -2.48. The topological polar surface area (TPSA) is 54.8 Å². The van der Waals surface area contributed by atoms with E-state index in [2.05, 4.69) is 9.38 Å². The van der Waals surface area contributed by atoms with Gasteiger partial charge in [-0.15, -0.1) is 0 Å². The summed E-state index contributed by atoms with van der Waals surface area (Å²) in [6, 6.07) is 9.80. The van der Waals surface area contributed by atoms with Crippen LogP contribution in [0.25, 0.3) is 0 Å². The lowest BCUT2D eigenvalue weighted by molar-refractivity contribution is -0.171. The van der Waals surface area contributed by atoms with E-state index in [0.29, 0.717) is 42.9 Å². The van der Waals surface area contributed by atoms with Crippen LogP contribution < -0.4 is 0 Å². The van der Waals surface area contributed by atoms with Crippen LogP contribution in [0, 0.1) is 5.92 Å². The normalized spacial score (nSPS) is 23.6. The molecule has 0 saturated carbocycles. The van der Waals surface area contributed by atoms with Gasteiger partial charge in [0.25, 0.3) is 0 Å². The Balaban J connectivity index is 1.40. The molecule has 0 bridgehead atoms. The van der Waals surface area contributed by atoms with Gasteiger partial charge >= 0.3 is 6.18 Å². The van der Waals surface area contributed by atoms with Crippen molar-refractivity contribution in [1.29, 1.82) is 0 Å². The number of rotatable bonds is 3. The Kier molecular flexibility index (Phi) is 5.30. The molecule has 5 rings (SSSR count). The van der Waals surface area contributed by atoms with Crippen LogP contribution in [-0.4, -0.2) is 40.8 Å². The number of aromatic nitrogens is 1. The number of likely N-dealkylation sites (tertiary alicyclic amines) is 1. The van der Waals surface area contributed by atoms with Crippen molar-refractivity contribution in [3.63, 3.8) is 0 Å². The molecule has 3 aliphatic rings. The number of carbonyl (C=O) groups is 1. The maximum atomic E-state index is 14.2. The summed E-state index contributed by atoms with van der Waals surface area (Å²) in [4.78, 5) is 18.0. The fraction of sp³-hybridized carbons (Fsp3) is 0.435. The Hall–Kier alpha value is -2.10. The Labute approximate surface area is 198 Å². The first-order valence-electron chi connectivity index (χ1n) is 10.6. The number of fused-ring (bicyclic) bond motifs is 2. The Morgan fingerprint density at radius 1 is 1.24 bits per heavy atom. The summed E-state index contributed by atoms with van der Waals surface area (Å²) in [5.41, 5.74) is 2.22. The molecule has 5 nitrogen and oxygen atoms in total. The van der Waals surface area contributed by atoms with Gasteiger partial charge in [0.1, 0.15) is 10.8 Å². The molecule has 0 radical (unpaired) electrons. The van der Waals surface area contributed by atoms with Crippen molar-refractivity contribution in [3.05, 3.63) is 63.9 Å². The zero-order valence-corrected chi connectivity index (χ0v) is 19.5. The van der Waals surface area contributed by atoms with E-state index in [0.717, 1.165) is 11.1 Å². The summed E-state index contributed by atoms with van der Waals surface area (Å²) in [5, 5.41) is 0.00985. The number of hydrogen-bond acceptors (Lipinski definition) is 5. The third-order valence-corrected chi connectivity index (χ3v) is 7.87. The van der Waals surface area contributed by atoms with E-state index in [1.165, 1.54) is 18.2 Å². The highest BCUT2D eigenvalue weighted by Crippen LogP contribution is 2.56. The molecular formula is C23H21ClF3N3O2S. The summed E-state index contributed by atoms with van der Waals surface area (Å²) < 4.78 is 50.7. The zero-order chi connectivity index (χ0) is 23.6. The predicted molar refractivity (Wildman–Crippen MR) is 120 cm³/mol. The largest absolute Gasteiger partial charge is 0.410 e. The van der Waals surface area contributed by atoms with E-state index >= 15 is 0 Å². The van der Waals surface area contributed by atoms with Crippen LogP contribution in [0.1, 0.15) is 42.7 Å². The Morgan fingerprint density at radius 3 is 2.67 bits per heavy atom. The van der Waals surface area contributed by atoms with Crippen molar-refractivity contribution in [3.8, 4) is 0 Å². The van der Waals surface area contributed by atoms with Gasteiger partial charge in [0, 0.05) is 12.3 Å². The number of pyridine rings is 1. The molecule has 1 aromatic carbocycles. The van der Waals surface area contributed by atoms with E-state index in [9.17, 15) is 18.0 Å². The number of nitrogens with zero attached hydrogens (tertiary/aromatic N) is 3. The van der Waals surface area contributed by atoms with Crippen molar-refractivity contribution in [2.24, 2.45) is 10.3 Å². The maximum absolute atomic E-state index is 14.2. The molecule has 1 fully saturated rings. The molecule has 33 heavy (non-hydrogen) atoms. The summed E-state index contributed by atoms with van der Waals surface area (Å²) >= 11 is 6.36. The van der Waals surface area contributed by atoms with Crippen molar-refractivity contribution >= 4 is 35.2 Å². The maximum Gasteiger partial charge on any atom is 0.410 e. The van der Waals surface area contributed by atoms with Gasteiger partial charge in [-0.1, -0.05) is 43.6 Å². The molecule has 1 spiro atoms. The molecule has 1 unspecified atom stereocenters. The number of benzene rings is 1. The van der Waals surface area contributed by atoms with Crippen LogP contribution in [-0.2, 0) is 26.5 Å². The van der Waals surface area contributed by atoms with Crippen molar-refractivity contribution in [1.82, 2.24) is 9.88 Å². The molecule has 4 heterocycles. The quantitative estimate of drug-likeness (QED) is 0.430. The fourth-order valence-electron chi connectivity index (χ4n) is 4.64. The van der Waals surface area contributed by atoms with Crippen molar-refractivity contribution < 1.29 is 22.7 Å². The van der Waals surface area contributed by atoms with Gasteiger partial charge in [-0.2, -0.15) is 13.2 Å². The lowest BCUT2D eigenvalue weighted by atomic mass is 9.83. The van der Waals surface area contributed by atoms with Crippen LogP contribution in [0.2, 0.25) is 5.15 Å². The summed E-state index contributed by atoms with van der Waals surface area (Å²) in [6.45, 7) is 5.07. The van der Waals surface area contributed by atoms with Crippen molar-refractivity contribution in [2.45, 2.75) is 43.4 Å². The summed E-state index contributed by atoms with van der Waals surface area (Å²) in [6.07, 6.45) is -4.90. The van der Waals surface area contributed by atoms with Gasteiger partial charge in [-0.05, 0) is 46.8 Å². The monoisotopic (exact) mass is 495 g/mol. The number of hydrogen-bond donors (Lipinski definition) is 0. The van der Waals surface area contributed by atoms with Gasteiger partial charge < -0.3 is 9.64 Å². The van der Waals surface area contributed by atoms with E-state index in [1.807, 2.05) is 26.0 Å². The minimum absolute atomic E-state index is 0.00985. The number of ether oxygens (including phenoxy) is 1. The first-order valence-corrected chi connectivity index (χ1v) is 11.7. The molecular weight excluding hydrogens is 475 g/mol. The molecule has 1 aromatic heterocycles. The van der Waals surface area contributed by atoms with Crippen LogP contribution in [0.15, 0.2) is 40.8 Å².